The zero-order chi connectivity index (χ0) is 24.6. The van der Waals surface area contributed by atoms with E-state index in [2.05, 4.69) is 22.8 Å². The molecule has 0 radical (unpaired) electrons. The van der Waals surface area contributed by atoms with Gasteiger partial charge >= 0.3 is 0 Å². The summed E-state index contributed by atoms with van der Waals surface area (Å²) in [5.74, 6) is -0.144. The first-order valence-electron chi connectivity index (χ1n) is 12.2. The summed E-state index contributed by atoms with van der Waals surface area (Å²) in [7, 11) is 1.73. The van der Waals surface area contributed by atoms with Gasteiger partial charge in [-0.15, -0.1) is 0 Å². The molecule has 0 spiro atoms. The van der Waals surface area contributed by atoms with Crippen LogP contribution in [0.15, 0.2) is 30.3 Å². The summed E-state index contributed by atoms with van der Waals surface area (Å²) in [6, 6.07) is 9.11. The minimum atomic E-state index is -0.624. The Morgan fingerprint density at radius 2 is 1.85 bits per heavy atom. The topological polar surface area (TPSA) is 81.8 Å². The van der Waals surface area contributed by atoms with Crippen molar-refractivity contribution in [2.45, 2.75) is 78.4 Å². The van der Waals surface area contributed by atoms with Crippen LogP contribution in [-0.4, -0.2) is 72.3 Å². The molecule has 1 saturated heterocycles. The van der Waals surface area contributed by atoms with E-state index in [-0.39, 0.29) is 29.8 Å². The molecule has 33 heavy (non-hydrogen) atoms. The van der Waals surface area contributed by atoms with Gasteiger partial charge in [-0.25, -0.2) is 0 Å². The van der Waals surface area contributed by atoms with E-state index in [1.165, 1.54) is 5.56 Å². The first kappa shape index (κ1) is 26.8. The normalized spacial score (nSPS) is 18.0. The predicted molar refractivity (Wildman–Crippen MR) is 132 cm³/mol. The lowest BCUT2D eigenvalue weighted by molar-refractivity contribution is -0.142. The first-order valence-corrected chi connectivity index (χ1v) is 12.2. The van der Waals surface area contributed by atoms with Gasteiger partial charge in [0, 0.05) is 32.1 Å². The first-order chi connectivity index (χ1) is 15.6. The molecule has 7 heteroatoms. The molecule has 1 heterocycles. The molecule has 0 aromatic heterocycles. The molecule has 7 nitrogen and oxygen atoms in total. The summed E-state index contributed by atoms with van der Waals surface area (Å²) in [4.78, 5) is 42.7. The Bertz CT molecular complexity index is 790. The van der Waals surface area contributed by atoms with Gasteiger partial charge in [-0.2, -0.15) is 0 Å². The summed E-state index contributed by atoms with van der Waals surface area (Å²) in [6.07, 6.45) is 3.00. The zero-order valence-electron chi connectivity index (χ0n) is 21.2. The standard InChI is InChI=1S/C26H42N4O3/c1-7-22(31)29(17-15-20-12-9-8-10-13-20)18-21-14-11-16-30(21)25(33)23(26(3,4)5)28-24(32)19(2)27-6/h8-10,12-13,19,21,23,27H,7,11,14-18H2,1-6H3,(H,28,32)/t19-,21-,23+/m0/s1. The molecule has 2 rings (SSSR count). The van der Waals surface area contributed by atoms with Gasteiger partial charge < -0.3 is 20.4 Å². The number of hydrogen-bond donors (Lipinski definition) is 2. The Hall–Kier alpha value is -2.41. The molecular weight excluding hydrogens is 416 g/mol. The molecular formula is C26H42N4O3. The third-order valence-corrected chi connectivity index (χ3v) is 6.49. The molecule has 0 saturated carbocycles. The van der Waals surface area contributed by atoms with Gasteiger partial charge in [0.1, 0.15) is 6.04 Å². The fraction of sp³-hybridized carbons (Fsp3) is 0.654. The van der Waals surface area contributed by atoms with Crippen molar-refractivity contribution in [1.82, 2.24) is 20.4 Å². The van der Waals surface area contributed by atoms with E-state index in [4.69, 9.17) is 0 Å². The van der Waals surface area contributed by atoms with Crippen molar-refractivity contribution in [2.24, 2.45) is 5.41 Å². The number of nitrogens with one attached hydrogen (secondary N) is 2. The predicted octanol–water partition coefficient (Wildman–Crippen LogP) is 2.60. The molecule has 0 unspecified atom stereocenters. The second-order valence-corrected chi connectivity index (χ2v) is 10.1. The average Bonchev–Trinajstić information content (AvgIpc) is 3.26. The van der Waals surface area contributed by atoms with Crippen LogP contribution in [0.25, 0.3) is 0 Å². The maximum Gasteiger partial charge on any atom is 0.246 e. The lowest BCUT2D eigenvalue weighted by Gasteiger charge is -2.37. The minimum absolute atomic E-state index is 0.0350. The Morgan fingerprint density at radius 1 is 1.18 bits per heavy atom. The van der Waals surface area contributed by atoms with Crippen LogP contribution in [0, 0.1) is 5.41 Å². The number of likely N-dealkylation sites (tertiary alicyclic amines) is 1. The number of rotatable bonds is 10. The van der Waals surface area contributed by atoms with E-state index in [0.717, 1.165) is 19.3 Å². The maximum atomic E-state index is 13.6. The van der Waals surface area contributed by atoms with E-state index in [1.54, 1.807) is 14.0 Å². The number of carbonyl (C=O) groups excluding carboxylic acids is 3. The van der Waals surface area contributed by atoms with Crippen LogP contribution in [0.2, 0.25) is 0 Å². The SMILES string of the molecule is CCC(=O)N(CCc1ccccc1)C[C@@H]1CCCN1C(=O)[C@@H](NC(=O)[C@H](C)NC)C(C)(C)C. The third-order valence-electron chi connectivity index (χ3n) is 6.49. The number of benzene rings is 1. The van der Waals surface area contributed by atoms with Crippen molar-refractivity contribution in [1.29, 1.82) is 0 Å². The minimum Gasteiger partial charge on any atom is -0.342 e. The van der Waals surface area contributed by atoms with E-state index in [9.17, 15) is 14.4 Å². The lowest BCUT2D eigenvalue weighted by Crippen LogP contribution is -2.59. The van der Waals surface area contributed by atoms with Gasteiger partial charge in [-0.3, -0.25) is 14.4 Å². The highest BCUT2D eigenvalue weighted by molar-refractivity contribution is 5.90. The van der Waals surface area contributed by atoms with Crippen molar-refractivity contribution in [2.75, 3.05) is 26.7 Å². The smallest absolute Gasteiger partial charge is 0.246 e. The van der Waals surface area contributed by atoms with Crippen LogP contribution in [0.3, 0.4) is 0 Å². The molecule has 3 amide bonds. The Kier molecular flexibility index (Phi) is 9.89. The van der Waals surface area contributed by atoms with Crippen LogP contribution in [0.1, 0.15) is 59.4 Å². The Balaban J connectivity index is 2.13. The summed E-state index contributed by atoms with van der Waals surface area (Å²) >= 11 is 0. The number of likely N-dealkylation sites (N-methyl/N-ethyl adjacent to an activating group) is 1. The molecule has 1 aromatic carbocycles. The fourth-order valence-corrected chi connectivity index (χ4v) is 4.23. The average molecular weight is 459 g/mol. The quantitative estimate of drug-likeness (QED) is 0.565. The number of hydrogen-bond acceptors (Lipinski definition) is 4. The van der Waals surface area contributed by atoms with Gasteiger partial charge in [-0.1, -0.05) is 58.0 Å². The molecule has 1 aliphatic heterocycles. The zero-order valence-corrected chi connectivity index (χ0v) is 21.2. The fourth-order valence-electron chi connectivity index (χ4n) is 4.23. The Morgan fingerprint density at radius 3 is 2.42 bits per heavy atom. The summed E-state index contributed by atoms with van der Waals surface area (Å²) in [6.45, 7) is 11.4. The van der Waals surface area contributed by atoms with Crippen molar-refractivity contribution in [3.63, 3.8) is 0 Å². The number of nitrogens with zero attached hydrogens (tertiary/aromatic N) is 2. The van der Waals surface area contributed by atoms with Crippen LogP contribution in [0.4, 0.5) is 0 Å². The van der Waals surface area contributed by atoms with Crippen LogP contribution < -0.4 is 10.6 Å². The molecule has 184 valence electrons. The van der Waals surface area contributed by atoms with E-state index in [0.29, 0.717) is 26.1 Å². The molecule has 1 aliphatic rings. The van der Waals surface area contributed by atoms with Gasteiger partial charge in [0.15, 0.2) is 0 Å². The molecule has 1 fully saturated rings. The van der Waals surface area contributed by atoms with Gasteiger partial charge in [0.2, 0.25) is 17.7 Å². The molecule has 3 atom stereocenters. The van der Waals surface area contributed by atoms with Crippen LogP contribution in [-0.2, 0) is 20.8 Å². The highest BCUT2D eigenvalue weighted by Gasteiger charge is 2.40. The van der Waals surface area contributed by atoms with E-state index < -0.39 is 11.5 Å². The monoisotopic (exact) mass is 458 g/mol. The van der Waals surface area contributed by atoms with E-state index >= 15 is 0 Å². The highest BCUT2D eigenvalue weighted by atomic mass is 16.2. The van der Waals surface area contributed by atoms with Crippen molar-refractivity contribution < 1.29 is 14.4 Å². The summed E-state index contributed by atoms with van der Waals surface area (Å²) in [5.41, 5.74) is 0.763. The molecule has 1 aromatic rings. The number of amides is 3. The summed E-state index contributed by atoms with van der Waals surface area (Å²) in [5, 5.41) is 5.90. The highest BCUT2D eigenvalue weighted by Crippen LogP contribution is 2.26. The Labute approximate surface area is 199 Å². The van der Waals surface area contributed by atoms with Gasteiger partial charge in [0.05, 0.1) is 6.04 Å². The van der Waals surface area contributed by atoms with Gasteiger partial charge in [0.25, 0.3) is 0 Å². The maximum absolute atomic E-state index is 13.6. The third kappa shape index (κ3) is 7.56. The van der Waals surface area contributed by atoms with Crippen LogP contribution in [0.5, 0.6) is 0 Å². The summed E-state index contributed by atoms with van der Waals surface area (Å²) < 4.78 is 0. The van der Waals surface area contributed by atoms with Crippen molar-refractivity contribution >= 4 is 17.7 Å². The van der Waals surface area contributed by atoms with Crippen molar-refractivity contribution in [3.05, 3.63) is 35.9 Å². The largest absolute Gasteiger partial charge is 0.342 e. The van der Waals surface area contributed by atoms with Gasteiger partial charge in [-0.05, 0) is 44.2 Å². The van der Waals surface area contributed by atoms with Crippen molar-refractivity contribution in [3.8, 4) is 0 Å². The number of carbonyl (C=O) groups is 3. The molecule has 0 bridgehead atoms. The molecule has 0 aliphatic carbocycles. The van der Waals surface area contributed by atoms with E-state index in [1.807, 2.05) is 55.7 Å². The second-order valence-electron chi connectivity index (χ2n) is 10.1. The second kappa shape index (κ2) is 12.2. The van der Waals surface area contributed by atoms with Crippen LogP contribution >= 0.6 is 0 Å². The lowest BCUT2D eigenvalue weighted by atomic mass is 9.85. The molecule has 2 N–H and O–H groups in total.